The number of amides is 1. The highest BCUT2D eigenvalue weighted by Crippen LogP contribution is 2.39. The maximum Gasteiger partial charge on any atom is 0.326 e. The smallest absolute Gasteiger partial charge is 0.326 e. The van der Waals surface area contributed by atoms with Crippen molar-refractivity contribution in [3.05, 3.63) is 17.7 Å². The lowest BCUT2D eigenvalue weighted by Crippen LogP contribution is -2.40. The number of carbonyl (C=O) groups excluding carboxylic acids is 1. The van der Waals surface area contributed by atoms with Gasteiger partial charge in [0.2, 0.25) is 5.75 Å². The quantitative estimate of drug-likeness (QED) is 0.788. The number of rotatable bonds is 7. The Labute approximate surface area is 122 Å². The molecule has 0 unspecified atom stereocenters. The summed E-state index contributed by atoms with van der Waals surface area (Å²) in [4.78, 5) is 23.2. The lowest BCUT2D eigenvalue weighted by molar-refractivity contribution is -0.139. The number of aliphatic carboxylic acids is 1. The molecule has 0 radical (unpaired) electrons. The van der Waals surface area contributed by atoms with E-state index in [0.29, 0.717) is 5.75 Å². The molecule has 0 spiro atoms. The lowest BCUT2D eigenvalue weighted by Gasteiger charge is -2.17. The first-order valence-corrected chi connectivity index (χ1v) is 6.32. The molecule has 0 aliphatic rings. The van der Waals surface area contributed by atoms with Crippen molar-refractivity contribution in [2.75, 3.05) is 21.3 Å². The van der Waals surface area contributed by atoms with E-state index in [9.17, 15) is 9.59 Å². The molecule has 1 aromatic carbocycles. The van der Waals surface area contributed by atoms with E-state index in [-0.39, 0.29) is 23.5 Å². The summed E-state index contributed by atoms with van der Waals surface area (Å²) in [5.74, 6) is -0.769. The average molecular weight is 297 g/mol. The zero-order chi connectivity index (χ0) is 16.0. The fourth-order valence-corrected chi connectivity index (χ4v) is 1.85. The maximum absolute atomic E-state index is 12.2. The molecule has 116 valence electrons. The van der Waals surface area contributed by atoms with Crippen molar-refractivity contribution in [1.29, 1.82) is 0 Å². The van der Waals surface area contributed by atoms with Gasteiger partial charge in [0, 0.05) is 0 Å². The van der Waals surface area contributed by atoms with E-state index in [1.165, 1.54) is 27.4 Å². The minimum Gasteiger partial charge on any atom is -0.493 e. The van der Waals surface area contributed by atoms with Crippen LogP contribution in [-0.4, -0.2) is 44.4 Å². The lowest BCUT2D eigenvalue weighted by atomic mass is 10.1. The average Bonchev–Trinajstić information content (AvgIpc) is 2.49. The van der Waals surface area contributed by atoms with E-state index in [1.54, 1.807) is 13.0 Å². The Bertz CT molecular complexity index is 528. The van der Waals surface area contributed by atoms with Gasteiger partial charge in [-0.1, -0.05) is 6.92 Å². The molecule has 0 saturated carbocycles. The van der Waals surface area contributed by atoms with Gasteiger partial charge in [0.25, 0.3) is 5.91 Å². The molecular formula is C14H19NO6. The number of benzene rings is 1. The third-order valence-corrected chi connectivity index (χ3v) is 2.96. The summed E-state index contributed by atoms with van der Waals surface area (Å²) in [7, 11) is 4.28. The van der Waals surface area contributed by atoms with Crippen LogP contribution < -0.4 is 19.5 Å². The van der Waals surface area contributed by atoms with Gasteiger partial charge in [-0.25, -0.2) is 4.79 Å². The Balaban J connectivity index is 3.18. The molecule has 0 aromatic heterocycles. The van der Waals surface area contributed by atoms with Gasteiger partial charge in [-0.15, -0.1) is 0 Å². The predicted octanol–water partition coefficient (Wildman–Crippen LogP) is 1.31. The van der Waals surface area contributed by atoms with Gasteiger partial charge in [-0.3, -0.25) is 4.79 Å². The zero-order valence-electron chi connectivity index (χ0n) is 12.4. The van der Waals surface area contributed by atoms with Crippen LogP contribution in [0.2, 0.25) is 0 Å². The van der Waals surface area contributed by atoms with Crippen molar-refractivity contribution in [1.82, 2.24) is 5.32 Å². The van der Waals surface area contributed by atoms with Crippen LogP contribution in [0.4, 0.5) is 0 Å². The summed E-state index contributed by atoms with van der Waals surface area (Å²) in [6.45, 7) is 1.67. The summed E-state index contributed by atoms with van der Waals surface area (Å²) >= 11 is 0. The third kappa shape index (κ3) is 3.56. The number of carboxylic acids is 1. The zero-order valence-corrected chi connectivity index (χ0v) is 12.4. The van der Waals surface area contributed by atoms with Gasteiger partial charge in [0.1, 0.15) is 6.04 Å². The van der Waals surface area contributed by atoms with Gasteiger partial charge >= 0.3 is 5.97 Å². The van der Waals surface area contributed by atoms with E-state index in [4.69, 9.17) is 19.3 Å². The van der Waals surface area contributed by atoms with Crippen LogP contribution in [0.15, 0.2) is 12.1 Å². The molecule has 0 heterocycles. The van der Waals surface area contributed by atoms with Gasteiger partial charge in [0.05, 0.1) is 26.9 Å². The highest BCUT2D eigenvalue weighted by atomic mass is 16.5. The summed E-state index contributed by atoms with van der Waals surface area (Å²) in [5, 5.41) is 11.4. The molecule has 1 amide bonds. The normalized spacial score (nSPS) is 11.4. The minimum absolute atomic E-state index is 0.176. The Morgan fingerprint density at radius 1 is 1.14 bits per heavy atom. The molecule has 1 rings (SSSR count). The number of carboxylic acid groups (broad SMARTS) is 1. The van der Waals surface area contributed by atoms with Crippen molar-refractivity contribution >= 4 is 11.9 Å². The molecule has 21 heavy (non-hydrogen) atoms. The van der Waals surface area contributed by atoms with Crippen LogP contribution in [-0.2, 0) is 4.79 Å². The van der Waals surface area contributed by atoms with E-state index in [0.717, 1.165) is 0 Å². The molecular weight excluding hydrogens is 278 g/mol. The largest absolute Gasteiger partial charge is 0.493 e. The Kier molecular flexibility index (Phi) is 5.83. The first-order chi connectivity index (χ1) is 9.99. The van der Waals surface area contributed by atoms with E-state index in [1.807, 2.05) is 0 Å². The molecule has 0 fully saturated rings. The van der Waals surface area contributed by atoms with Gasteiger partial charge in [0.15, 0.2) is 11.5 Å². The second-order valence-corrected chi connectivity index (χ2v) is 4.15. The fraction of sp³-hybridized carbons (Fsp3) is 0.429. The number of carbonyl (C=O) groups is 2. The highest BCUT2D eigenvalue weighted by Gasteiger charge is 2.24. The van der Waals surface area contributed by atoms with E-state index >= 15 is 0 Å². The predicted molar refractivity (Wildman–Crippen MR) is 75.3 cm³/mol. The molecule has 2 N–H and O–H groups in total. The van der Waals surface area contributed by atoms with Crippen molar-refractivity contribution in [2.45, 2.75) is 19.4 Å². The molecule has 0 bridgehead atoms. The Hall–Kier alpha value is -2.44. The summed E-state index contributed by atoms with van der Waals surface area (Å²) in [6, 6.07) is 2.08. The first-order valence-electron chi connectivity index (χ1n) is 6.32. The van der Waals surface area contributed by atoms with Gasteiger partial charge in [-0.05, 0) is 18.6 Å². The topological polar surface area (TPSA) is 94.1 Å². The summed E-state index contributed by atoms with van der Waals surface area (Å²) in [6.07, 6.45) is 0.274. The van der Waals surface area contributed by atoms with Crippen molar-refractivity contribution in [2.24, 2.45) is 0 Å². The van der Waals surface area contributed by atoms with Crippen LogP contribution in [0.25, 0.3) is 0 Å². The van der Waals surface area contributed by atoms with Crippen molar-refractivity contribution < 1.29 is 28.9 Å². The molecule has 7 heteroatoms. The summed E-state index contributed by atoms with van der Waals surface area (Å²) in [5.41, 5.74) is 0.176. The number of nitrogens with one attached hydrogen (secondary N) is 1. The number of hydrogen-bond donors (Lipinski definition) is 2. The van der Waals surface area contributed by atoms with E-state index < -0.39 is 17.9 Å². The van der Waals surface area contributed by atoms with Crippen LogP contribution in [0, 0.1) is 0 Å². The van der Waals surface area contributed by atoms with E-state index in [2.05, 4.69) is 5.32 Å². The monoisotopic (exact) mass is 297 g/mol. The number of methoxy groups -OCH3 is 3. The minimum atomic E-state index is -1.09. The van der Waals surface area contributed by atoms with Crippen LogP contribution in [0.3, 0.4) is 0 Å². The molecule has 0 saturated heterocycles. The van der Waals surface area contributed by atoms with Crippen molar-refractivity contribution in [3.8, 4) is 17.2 Å². The van der Waals surface area contributed by atoms with Gasteiger partial charge in [-0.2, -0.15) is 0 Å². The molecule has 1 aromatic rings. The Morgan fingerprint density at radius 3 is 2.19 bits per heavy atom. The molecule has 7 nitrogen and oxygen atoms in total. The highest BCUT2D eigenvalue weighted by molar-refractivity contribution is 6.00. The van der Waals surface area contributed by atoms with Crippen LogP contribution >= 0.6 is 0 Å². The third-order valence-electron chi connectivity index (χ3n) is 2.96. The van der Waals surface area contributed by atoms with Gasteiger partial charge < -0.3 is 24.6 Å². The standard InChI is InChI=1S/C14H19NO6/c1-5-9(14(17)18)15-13(16)8-6-7-10(19-2)12(21-4)11(8)20-3/h6-7,9H,5H2,1-4H3,(H,15,16)(H,17,18)/t9-/m0/s1. The summed E-state index contributed by atoms with van der Waals surface area (Å²) < 4.78 is 15.5. The van der Waals surface area contributed by atoms with Crippen LogP contribution in [0.5, 0.6) is 17.2 Å². The number of ether oxygens (including phenoxy) is 3. The Morgan fingerprint density at radius 2 is 1.76 bits per heavy atom. The second kappa shape index (κ2) is 7.37. The molecule has 1 atom stereocenters. The number of hydrogen-bond acceptors (Lipinski definition) is 5. The fourth-order valence-electron chi connectivity index (χ4n) is 1.85. The van der Waals surface area contributed by atoms with Crippen LogP contribution in [0.1, 0.15) is 23.7 Å². The second-order valence-electron chi connectivity index (χ2n) is 4.15. The first kappa shape index (κ1) is 16.6. The molecule has 0 aliphatic carbocycles. The van der Waals surface area contributed by atoms with Crippen molar-refractivity contribution in [3.63, 3.8) is 0 Å². The SMILES string of the molecule is CC[C@H](NC(=O)c1ccc(OC)c(OC)c1OC)C(=O)O. The molecule has 0 aliphatic heterocycles. The maximum atomic E-state index is 12.2.